The van der Waals surface area contributed by atoms with Crippen molar-refractivity contribution in [1.82, 2.24) is 0 Å². The van der Waals surface area contributed by atoms with Gasteiger partial charge in [-0.25, -0.2) is 0 Å². The number of hydrogen-bond donors (Lipinski definition) is 0. The van der Waals surface area contributed by atoms with Gasteiger partial charge in [0.2, 0.25) is 0 Å². The van der Waals surface area contributed by atoms with Crippen molar-refractivity contribution < 1.29 is 14.4 Å². The molecule has 4 nitrogen and oxygen atoms in total. The Morgan fingerprint density at radius 3 is 2.05 bits per heavy atom. The van der Waals surface area contributed by atoms with Gasteiger partial charge in [-0.15, -0.1) is 0 Å². The number of Topliss-reactive ketones (excluding diaryl/α,β-unsaturated/α-hetero) is 3. The lowest BCUT2D eigenvalue weighted by Crippen LogP contribution is -2.48. The Balaban J connectivity index is 1.56. The topological polar surface area (TPSA) is 54.5 Å². The summed E-state index contributed by atoms with van der Waals surface area (Å²) in [5.74, 6) is -1.42. The highest BCUT2D eigenvalue weighted by atomic mass is 35.5. The third kappa shape index (κ3) is 2.89. The van der Waals surface area contributed by atoms with E-state index < -0.39 is 23.4 Å². The van der Waals surface area contributed by atoms with Crippen LogP contribution in [-0.4, -0.2) is 29.4 Å². The summed E-state index contributed by atoms with van der Waals surface area (Å²) in [6, 6.07) is 29.8. The van der Waals surface area contributed by atoms with Crippen LogP contribution in [0, 0.1) is 5.41 Å². The van der Waals surface area contributed by atoms with Crippen molar-refractivity contribution in [2.75, 3.05) is 4.90 Å². The SMILES string of the molecule is O=C(c1ccccc1Cl)[C@@H]1[C@H](c2ccccc2)C2(C(=O)c3ccccc3C2=O)[C@H]2C=Cc3ccccc3N12. The van der Waals surface area contributed by atoms with E-state index in [9.17, 15) is 14.4 Å². The van der Waals surface area contributed by atoms with Crippen LogP contribution in [0.1, 0.15) is 48.1 Å². The lowest BCUT2D eigenvalue weighted by Gasteiger charge is -2.37. The van der Waals surface area contributed by atoms with Gasteiger partial charge < -0.3 is 4.90 Å². The molecule has 1 fully saturated rings. The molecule has 7 rings (SSSR count). The first-order valence-electron chi connectivity index (χ1n) is 12.6. The van der Waals surface area contributed by atoms with Gasteiger partial charge in [0.1, 0.15) is 11.5 Å². The first-order valence-corrected chi connectivity index (χ1v) is 13.0. The predicted molar refractivity (Wildman–Crippen MR) is 148 cm³/mol. The second-order valence-electron chi connectivity index (χ2n) is 10.0. The number of halogens is 1. The highest BCUT2D eigenvalue weighted by Crippen LogP contribution is 2.61. The molecule has 3 aliphatic rings. The van der Waals surface area contributed by atoms with Gasteiger partial charge in [-0.05, 0) is 29.3 Å². The van der Waals surface area contributed by atoms with Crippen molar-refractivity contribution in [2.24, 2.45) is 5.41 Å². The van der Waals surface area contributed by atoms with Crippen molar-refractivity contribution in [3.05, 3.63) is 142 Å². The van der Waals surface area contributed by atoms with Crippen molar-refractivity contribution >= 4 is 40.7 Å². The summed E-state index contributed by atoms with van der Waals surface area (Å²) in [5.41, 5.74) is 2.22. The fourth-order valence-corrected chi connectivity index (χ4v) is 7.00. The molecule has 184 valence electrons. The molecule has 4 aromatic rings. The van der Waals surface area contributed by atoms with Gasteiger partial charge in [0.05, 0.1) is 11.1 Å². The number of hydrogen-bond acceptors (Lipinski definition) is 4. The maximum Gasteiger partial charge on any atom is 0.187 e. The summed E-state index contributed by atoms with van der Waals surface area (Å²) < 4.78 is 0. The monoisotopic (exact) mass is 515 g/mol. The molecular formula is C33H22ClNO3. The molecule has 0 aromatic heterocycles. The fraction of sp³-hybridized carbons (Fsp3) is 0.121. The molecule has 1 aliphatic carbocycles. The zero-order valence-electron chi connectivity index (χ0n) is 20.3. The summed E-state index contributed by atoms with van der Waals surface area (Å²) in [4.78, 5) is 45.6. The molecule has 3 atom stereocenters. The largest absolute Gasteiger partial charge is 0.352 e. The molecule has 0 saturated carbocycles. The Morgan fingerprint density at radius 1 is 0.737 bits per heavy atom. The number of para-hydroxylation sites is 1. The third-order valence-corrected chi connectivity index (χ3v) is 8.61. The van der Waals surface area contributed by atoms with Gasteiger partial charge in [-0.1, -0.05) is 109 Å². The number of benzene rings is 4. The quantitative estimate of drug-likeness (QED) is 0.226. The van der Waals surface area contributed by atoms with E-state index in [1.54, 1.807) is 48.5 Å². The molecule has 38 heavy (non-hydrogen) atoms. The smallest absolute Gasteiger partial charge is 0.187 e. The van der Waals surface area contributed by atoms with E-state index in [1.807, 2.05) is 71.6 Å². The summed E-state index contributed by atoms with van der Waals surface area (Å²) >= 11 is 6.56. The number of carbonyl (C=O) groups excluding carboxylic acids is 3. The average Bonchev–Trinajstić information content (AvgIpc) is 3.40. The summed E-state index contributed by atoms with van der Waals surface area (Å²) in [5, 5.41) is 0.343. The van der Waals surface area contributed by atoms with E-state index in [2.05, 4.69) is 0 Å². The number of anilines is 1. The first kappa shape index (κ1) is 22.9. The Hall–Kier alpha value is -4.28. The van der Waals surface area contributed by atoms with Crippen molar-refractivity contribution in [3.8, 4) is 0 Å². The zero-order valence-corrected chi connectivity index (χ0v) is 21.0. The lowest BCUT2D eigenvalue weighted by atomic mass is 9.64. The Kier molecular flexibility index (Phi) is 5.04. The minimum atomic E-state index is -1.50. The molecule has 0 unspecified atom stereocenters. The molecule has 0 bridgehead atoms. The van der Waals surface area contributed by atoms with Gasteiger partial charge in [-0.2, -0.15) is 0 Å². The number of rotatable bonds is 3. The molecular weight excluding hydrogens is 494 g/mol. The van der Waals surface area contributed by atoms with Crippen LogP contribution in [0.5, 0.6) is 0 Å². The van der Waals surface area contributed by atoms with Crippen LogP contribution < -0.4 is 4.90 Å². The number of fused-ring (bicyclic) bond motifs is 5. The number of carbonyl (C=O) groups is 3. The standard InChI is InChI=1S/C33H22ClNO3/c34-25-16-8-7-15-24(25)30(36)29-28(21-11-2-1-3-12-21)33(31(37)22-13-5-6-14-23(22)32(33)38)27-19-18-20-10-4-9-17-26(20)35(27)29/h1-19,27-29H/t27-,28+,29+/m1/s1. The van der Waals surface area contributed by atoms with Gasteiger partial charge in [0.25, 0.3) is 0 Å². The molecule has 2 aliphatic heterocycles. The highest BCUT2D eigenvalue weighted by molar-refractivity contribution is 6.35. The molecule has 0 N–H and O–H groups in total. The molecule has 0 amide bonds. The van der Waals surface area contributed by atoms with Crippen molar-refractivity contribution in [3.63, 3.8) is 0 Å². The van der Waals surface area contributed by atoms with Crippen LogP contribution in [0.2, 0.25) is 5.02 Å². The average molecular weight is 516 g/mol. The van der Waals surface area contributed by atoms with Crippen molar-refractivity contribution in [2.45, 2.75) is 18.0 Å². The molecule has 1 saturated heterocycles. The molecule has 1 spiro atoms. The van der Waals surface area contributed by atoms with Crippen LogP contribution in [0.15, 0.2) is 109 Å². The zero-order chi connectivity index (χ0) is 26.0. The van der Waals surface area contributed by atoms with E-state index in [0.29, 0.717) is 21.7 Å². The minimum absolute atomic E-state index is 0.215. The van der Waals surface area contributed by atoms with Crippen LogP contribution in [0.25, 0.3) is 6.08 Å². The van der Waals surface area contributed by atoms with Crippen molar-refractivity contribution in [1.29, 1.82) is 0 Å². The normalized spacial score (nSPS) is 22.3. The lowest BCUT2D eigenvalue weighted by molar-refractivity contribution is 0.0666. The fourth-order valence-electron chi connectivity index (χ4n) is 6.77. The maximum atomic E-state index is 14.6. The molecule has 4 aromatic carbocycles. The number of ketones is 3. The Labute approximate surface area is 225 Å². The van der Waals surface area contributed by atoms with E-state index >= 15 is 0 Å². The minimum Gasteiger partial charge on any atom is -0.352 e. The third-order valence-electron chi connectivity index (χ3n) is 8.28. The molecule has 5 heteroatoms. The number of nitrogens with zero attached hydrogens (tertiary/aromatic N) is 1. The second kappa shape index (κ2) is 8.37. The summed E-state index contributed by atoms with van der Waals surface area (Å²) in [6.45, 7) is 0. The van der Waals surface area contributed by atoms with Gasteiger partial charge in [-0.3, -0.25) is 14.4 Å². The predicted octanol–water partition coefficient (Wildman–Crippen LogP) is 6.66. The van der Waals surface area contributed by atoms with E-state index in [4.69, 9.17) is 11.6 Å². The second-order valence-corrected chi connectivity index (χ2v) is 10.4. The van der Waals surface area contributed by atoms with E-state index in [0.717, 1.165) is 16.8 Å². The highest BCUT2D eigenvalue weighted by Gasteiger charge is 2.71. The van der Waals surface area contributed by atoms with E-state index in [-0.39, 0.29) is 17.3 Å². The van der Waals surface area contributed by atoms with E-state index in [1.165, 1.54) is 0 Å². The van der Waals surface area contributed by atoms with Crippen LogP contribution in [0.4, 0.5) is 5.69 Å². The molecule has 2 heterocycles. The van der Waals surface area contributed by atoms with Gasteiger partial charge >= 0.3 is 0 Å². The summed E-state index contributed by atoms with van der Waals surface area (Å²) in [7, 11) is 0. The Morgan fingerprint density at radius 2 is 1.34 bits per heavy atom. The van der Waals surface area contributed by atoms with Crippen LogP contribution in [-0.2, 0) is 0 Å². The van der Waals surface area contributed by atoms with Gasteiger partial charge in [0.15, 0.2) is 17.3 Å². The maximum absolute atomic E-state index is 14.6. The Bertz CT molecular complexity index is 1640. The van der Waals surface area contributed by atoms with Crippen LogP contribution in [0.3, 0.4) is 0 Å². The molecule has 0 radical (unpaired) electrons. The van der Waals surface area contributed by atoms with Gasteiger partial charge in [0, 0.05) is 28.3 Å². The van der Waals surface area contributed by atoms with Crippen LogP contribution >= 0.6 is 11.6 Å². The summed E-state index contributed by atoms with van der Waals surface area (Å²) in [6.07, 6.45) is 3.89. The first-order chi connectivity index (χ1) is 18.5.